The predicted molar refractivity (Wildman–Crippen MR) is 116 cm³/mol. The maximum absolute atomic E-state index is 6.08. The number of ether oxygens (including phenoxy) is 1. The highest BCUT2D eigenvalue weighted by Gasteiger charge is 2.09. The van der Waals surface area contributed by atoms with Crippen molar-refractivity contribution in [1.29, 1.82) is 0 Å². The van der Waals surface area contributed by atoms with Gasteiger partial charge < -0.3 is 10.1 Å². The van der Waals surface area contributed by atoms with Crippen molar-refractivity contribution in [3.63, 3.8) is 0 Å². The van der Waals surface area contributed by atoms with Crippen molar-refractivity contribution in [3.05, 3.63) is 95.8 Å². The van der Waals surface area contributed by atoms with Gasteiger partial charge in [-0.2, -0.15) is 0 Å². The highest BCUT2D eigenvalue weighted by atomic mass is 16.5. The fourth-order valence-corrected chi connectivity index (χ4v) is 3.18. The van der Waals surface area contributed by atoms with Crippen LogP contribution in [0.1, 0.15) is 43.0 Å². The molecular weight excluding hydrogens is 344 g/mol. The molecule has 0 saturated heterocycles. The molecule has 3 rings (SSSR count). The molecule has 0 aliphatic heterocycles. The van der Waals surface area contributed by atoms with E-state index in [0.717, 1.165) is 30.8 Å². The third-order valence-corrected chi connectivity index (χ3v) is 4.83. The van der Waals surface area contributed by atoms with Crippen LogP contribution in [-0.2, 0) is 13.0 Å². The fourth-order valence-electron chi connectivity index (χ4n) is 3.18. The molecule has 2 aromatic carbocycles. The molecule has 0 unspecified atom stereocenters. The van der Waals surface area contributed by atoms with Gasteiger partial charge in [-0.15, -0.1) is 0 Å². The number of pyridine rings is 1. The molecule has 1 aromatic heterocycles. The minimum Gasteiger partial charge on any atom is -0.492 e. The molecule has 1 heterocycles. The largest absolute Gasteiger partial charge is 0.492 e. The van der Waals surface area contributed by atoms with Crippen LogP contribution in [0.4, 0.5) is 0 Å². The number of aromatic nitrogens is 1. The molecule has 28 heavy (non-hydrogen) atoms. The first kappa shape index (κ1) is 20.1. The zero-order valence-corrected chi connectivity index (χ0v) is 16.7. The molecule has 3 aromatic rings. The van der Waals surface area contributed by atoms with Crippen molar-refractivity contribution in [2.45, 2.75) is 45.2 Å². The molecular formula is C25H30N2O. The van der Waals surface area contributed by atoms with E-state index in [9.17, 15) is 0 Å². The lowest BCUT2D eigenvalue weighted by molar-refractivity contribution is 0.252. The van der Waals surface area contributed by atoms with E-state index in [0.29, 0.717) is 12.6 Å². The summed E-state index contributed by atoms with van der Waals surface area (Å²) >= 11 is 0. The summed E-state index contributed by atoms with van der Waals surface area (Å²) in [5.41, 5.74) is 3.69. The topological polar surface area (TPSA) is 34.1 Å². The van der Waals surface area contributed by atoms with Crippen LogP contribution in [0.15, 0.2) is 79.0 Å². The van der Waals surface area contributed by atoms with E-state index in [-0.39, 0.29) is 0 Å². The molecule has 0 aliphatic carbocycles. The van der Waals surface area contributed by atoms with Gasteiger partial charge in [-0.25, -0.2) is 0 Å². The van der Waals surface area contributed by atoms with Crippen LogP contribution >= 0.6 is 0 Å². The van der Waals surface area contributed by atoms with Crippen molar-refractivity contribution >= 4 is 0 Å². The van der Waals surface area contributed by atoms with Crippen LogP contribution in [0, 0.1) is 0 Å². The van der Waals surface area contributed by atoms with Gasteiger partial charge in [0, 0.05) is 18.8 Å². The summed E-state index contributed by atoms with van der Waals surface area (Å²) in [4.78, 5) is 4.39. The van der Waals surface area contributed by atoms with Crippen LogP contribution < -0.4 is 10.1 Å². The highest BCUT2D eigenvalue weighted by molar-refractivity contribution is 5.31. The number of unbranched alkanes of at least 4 members (excludes halogenated alkanes) is 1. The Hall–Kier alpha value is -2.65. The van der Waals surface area contributed by atoms with E-state index in [1.165, 1.54) is 24.0 Å². The number of nitrogens with one attached hydrogen (secondary N) is 1. The molecule has 0 spiro atoms. The lowest BCUT2D eigenvalue weighted by Gasteiger charge is -2.19. The molecule has 0 fully saturated rings. The standard InChI is InChI=1S/C25H30N2O/c1-2-3-11-24(27-19-23-12-7-8-17-26-23)20-28-25-15-13-22(14-16-25)18-21-9-5-4-6-10-21/h4-10,12-17,24,27H,2-3,11,18-20H2,1H3/t24-/m1/s1. The number of hydrogen-bond acceptors (Lipinski definition) is 3. The minimum atomic E-state index is 0.325. The summed E-state index contributed by atoms with van der Waals surface area (Å²) in [5.74, 6) is 0.929. The first-order valence-electron chi connectivity index (χ1n) is 10.2. The van der Waals surface area contributed by atoms with E-state index in [2.05, 4.69) is 77.9 Å². The molecule has 0 radical (unpaired) electrons. The van der Waals surface area contributed by atoms with Crippen LogP contribution in [0.2, 0.25) is 0 Å². The van der Waals surface area contributed by atoms with Crippen molar-refractivity contribution in [2.75, 3.05) is 6.61 Å². The summed E-state index contributed by atoms with van der Waals surface area (Å²) in [5, 5.41) is 3.60. The number of nitrogens with zero attached hydrogens (tertiary/aromatic N) is 1. The van der Waals surface area contributed by atoms with E-state index >= 15 is 0 Å². The molecule has 1 N–H and O–H groups in total. The van der Waals surface area contributed by atoms with Crippen LogP contribution in [0.3, 0.4) is 0 Å². The molecule has 0 bridgehead atoms. The van der Waals surface area contributed by atoms with Crippen molar-refractivity contribution < 1.29 is 4.74 Å². The van der Waals surface area contributed by atoms with Gasteiger partial charge >= 0.3 is 0 Å². The molecule has 3 nitrogen and oxygen atoms in total. The van der Waals surface area contributed by atoms with Gasteiger partial charge in [0.15, 0.2) is 0 Å². The molecule has 0 saturated carbocycles. The maximum Gasteiger partial charge on any atom is 0.119 e. The lowest BCUT2D eigenvalue weighted by Crippen LogP contribution is -2.34. The van der Waals surface area contributed by atoms with E-state index in [1.54, 1.807) is 0 Å². The first-order valence-corrected chi connectivity index (χ1v) is 10.2. The van der Waals surface area contributed by atoms with Crippen LogP contribution in [-0.4, -0.2) is 17.6 Å². The summed E-state index contributed by atoms with van der Waals surface area (Å²) < 4.78 is 6.08. The van der Waals surface area contributed by atoms with Gasteiger partial charge in [0.1, 0.15) is 12.4 Å². The Kier molecular flexibility index (Phi) is 8.07. The Morgan fingerprint density at radius 1 is 0.893 bits per heavy atom. The molecule has 0 aliphatic rings. The van der Waals surface area contributed by atoms with E-state index in [4.69, 9.17) is 4.74 Å². The first-order chi connectivity index (χ1) is 13.8. The molecule has 146 valence electrons. The molecule has 1 atom stereocenters. The smallest absolute Gasteiger partial charge is 0.119 e. The normalized spacial score (nSPS) is 11.9. The number of hydrogen-bond donors (Lipinski definition) is 1. The summed E-state index contributed by atoms with van der Waals surface area (Å²) in [6, 6.07) is 25.4. The van der Waals surface area contributed by atoms with Crippen LogP contribution in [0.5, 0.6) is 5.75 Å². The minimum absolute atomic E-state index is 0.325. The Balaban J connectivity index is 1.50. The SMILES string of the molecule is CCCC[C@H](COc1ccc(Cc2ccccc2)cc1)NCc1ccccn1. The highest BCUT2D eigenvalue weighted by Crippen LogP contribution is 2.16. The zero-order chi connectivity index (χ0) is 19.4. The van der Waals surface area contributed by atoms with Gasteiger partial charge in [-0.3, -0.25) is 4.98 Å². The second-order valence-electron chi connectivity index (χ2n) is 7.16. The average molecular weight is 375 g/mol. The molecule has 0 amide bonds. The van der Waals surface area contributed by atoms with Crippen molar-refractivity contribution in [3.8, 4) is 5.75 Å². The van der Waals surface area contributed by atoms with Crippen LogP contribution in [0.25, 0.3) is 0 Å². The zero-order valence-electron chi connectivity index (χ0n) is 16.7. The van der Waals surface area contributed by atoms with Gasteiger partial charge in [0.05, 0.1) is 5.69 Å². The predicted octanol–water partition coefficient (Wildman–Crippen LogP) is 5.40. The third kappa shape index (κ3) is 6.82. The summed E-state index contributed by atoms with van der Waals surface area (Å²) in [6.07, 6.45) is 6.28. The van der Waals surface area contributed by atoms with Gasteiger partial charge in [-0.05, 0) is 48.2 Å². The third-order valence-electron chi connectivity index (χ3n) is 4.83. The molecule has 3 heteroatoms. The fraction of sp³-hybridized carbons (Fsp3) is 0.320. The van der Waals surface area contributed by atoms with Gasteiger partial charge in [-0.1, -0.05) is 68.3 Å². The Morgan fingerprint density at radius 2 is 1.64 bits per heavy atom. The second kappa shape index (κ2) is 11.3. The Bertz CT molecular complexity index is 788. The monoisotopic (exact) mass is 374 g/mol. The van der Waals surface area contributed by atoms with E-state index in [1.807, 2.05) is 18.3 Å². The van der Waals surface area contributed by atoms with Gasteiger partial charge in [0.25, 0.3) is 0 Å². The summed E-state index contributed by atoms with van der Waals surface area (Å²) in [6.45, 7) is 3.67. The maximum atomic E-state index is 6.08. The number of rotatable bonds is 11. The Morgan fingerprint density at radius 3 is 2.36 bits per heavy atom. The van der Waals surface area contributed by atoms with Crippen molar-refractivity contribution in [1.82, 2.24) is 10.3 Å². The number of benzene rings is 2. The lowest BCUT2D eigenvalue weighted by atomic mass is 10.1. The quantitative estimate of drug-likeness (QED) is 0.488. The van der Waals surface area contributed by atoms with E-state index < -0.39 is 0 Å². The van der Waals surface area contributed by atoms with Gasteiger partial charge in [0.2, 0.25) is 0 Å². The Labute approximate surface area is 168 Å². The van der Waals surface area contributed by atoms with Crippen molar-refractivity contribution in [2.24, 2.45) is 0 Å². The average Bonchev–Trinajstić information content (AvgIpc) is 2.76. The summed E-state index contributed by atoms with van der Waals surface area (Å²) in [7, 11) is 0. The second-order valence-corrected chi connectivity index (χ2v) is 7.16.